The number of anilines is 1. The van der Waals surface area contributed by atoms with E-state index in [1.807, 2.05) is 12.4 Å². The predicted molar refractivity (Wildman–Crippen MR) is 75.0 cm³/mol. The number of pyridine rings is 1. The van der Waals surface area contributed by atoms with Gasteiger partial charge in [-0.2, -0.15) is 0 Å². The van der Waals surface area contributed by atoms with E-state index in [4.69, 9.17) is 0 Å². The van der Waals surface area contributed by atoms with Crippen LogP contribution in [-0.4, -0.2) is 36.6 Å². The first kappa shape index (κ1) is 11.5. The molecule has 1 aliphatic heterocycles. The van der Waals surface area contributed by atoms with Crippen molar-refractivity contribution in [1.82, 2.24) is 15.3 Å². The van der Waals surface area contributed by atoms with Crippen LogP contribution in [0.2, 0.25) is 0 Å². The van der Waals surface area contributed by atoms with E-state index < -0.39 is 0 Å². The Labute approximate surface area is 107 Å². The Kier molecular flexibility index (Phi) is 3.19. The average molecular weight is 244 g/mol. The van der Waals surface area contributed by atoms with Crippen molar-refractivity contribution in [3.8, 4) is 0 Å². The molecule has 1 atom stereocenters. The number of hydrogen-bond acceptors (Lipinski definition) is 3. The molecular formula is C14H20N4. The van der Waals surface area contributed by atoms with Crippen molar-refractivity contribution in [2.45, 2.75) is 12.8 Å². The van der Waals surface area contributed by atoms with Crippen molar-refractivity contribution in [3.05, 3.63) is 24.5 Å². The first-order chi connectivity index (χ1) is 8.84. The molecule has 0 saturated carbocycles. The Morgan fingerprint density at radius 1 is 1.44 bits per heavy atom. The van der Waals surface area contributed by atoms with E-state index >= 15 is 0 Å². The molecule has 18 heavy (non-hydrogen) atoms. The second-order valence-corrected chi connectivity index (χ2v) is 5.16. The van der Waals surface area contributed by atoms with Crippen LogP contribution in [0, 0.1) is 5.92 Å². The lowest BCUT2D eigenvalue weighted by Crippen LogP contribution is -2.36. The van der Waals surface area contributed by atoms with Gasteiger partial charge in [-0.05, 0) is 44.0 Å². The summed E-state index contributed by atoms with van der Waals surface area (Å²) in [7, 11) is 2.18. The highest BCUT2D eigenvalue weighted by molar-refractivity contribution is 5.89. The summed E-state index contributed by atoms with van der Waals surface area (Å²) in [5, 5.41) is 4.69. The normalized spacial score (nSPS) is 20.2. The highest BCUT2D eigenvalue weighted by Crippen LogP contribution is 2.25. The summed E-state index contributed by atoms with van der Waals surface area (Å²) in [6, 6.07) is 4.21. The molecule has 96 valence electrons. The number of piperidine rings is 1. The van der Waals surface area contributed by atoms with E-state index in [0.29, 0.717) is 0 Å². The first-order valence-corrected chi connectivity index (χ1v) is 6.68. The average Bonchev–Trinajstić information content (AvgIpc) is 2.87. The summed E-state index contributed by atoms with van der Waals surface area (Å²) in [4.78, 5) is 9.86. The van der Waals surface area contributed by atoms with Crippen molar-refractivity contribution < 1.29 is 0 Å². The standard InChI is InChI=1S/C14H20N4/c1-18(10-11-3-2-6-15-9-11)13-5-8-17-14-12(13)4-7-16-14/h4-5,7-8,11,15H,2-3,6,9-10H2,1H3,(H,16,17). The van der Waals surface area contributed by atoms with Crippen LogP contribution in [-0.2, 0) is 0 Å². The number of aromatic nitrogens is 2. The van der Waals surface area contributed by atoms with Gasteiger partial charge in [0.1, 0.15) is 5.65 Å². The fourth-order valence-corrected chi connectivity index (χ4v) is 2.84. The van der Waals surface area contributed by atoms with Gasteiger partial charge in [0, 0.05) is 37.1 Å². The molecule has 2 aromatic heterocycles. The molecule has 1 saturated heterocycles. The zero-order chi connectivity index (χ0) is 12.4. The summed E-state index contributed by atoms with van der Waals surface area (Å²) in [5.41, 5.74) is 2.24. The summed E-state index contributed by atoms with van der Waals surface area (Å²) < 4.78 is 0. The number of rotatable bonds is 3. The molecule has 1 fully saturated rings. The van der Waals surface area contributed by atoms with E-state index in [1.54, 1.807) is 0 Å². The molecule has 3 heterocycles. The lowest BCUT2D eigenvalue weighted by molar-refractivity contribution is 0.381. The second-order valence-electron chi connectivity index (χ2n) is 5.16. The molecule has 0 aliphatic carbocycles. The summed E-state index contributed by atoms with van der Waals surface area (Å²) in [6.07, 6.45) is 6.47. The van der Waals surface area contributed by atoms with Gasteiger partial charge in [-0.1, -0.05) is 0 Å². The monoisotopic (exact) mass is 244 g/mol. The fourth-order valence-electron chi connectivity index (χ4n) is 2.84. The summed E-state index contributed by atoms with van der Waals surface area (Å²) in [6.45, 7) is 3.43. The first-order valence-electron chi connectivity index (χ1n) is 6.68. The smallest absolute Gasteiger partial charge is 0.139 e. The molecule has 1 unspecified atom stereocenters. The zero-order valence-electron chi connectivity index (χ0n) is 10.8. The number of aromatic amines is 1. The molecule has 0 amide bonds. The minimum absolute atomic E-state index is 0.755. The Morgan fingerprint density at radius 3 is 3.22 bits per heavy atom. The molecular weight excluding hydrogens is 224 g/mol. The maximum Gasteiger partial charge on any atom is 0.139 e. The third-order valence-corrected chi connectivity index (χ3v) is 3.78. The van der Waals surface area contributed by atoms with Gasteiger partial charge in [-0.25, -0.2) is 4.98 Å². The van der Waals surface area contributed by atoms with Crippen LogP contribution in [0.4, 0.5) is 5.69 Å². The maximum atomic E-state index is 4.34. The van der Waals surface area contributed by atoms with Gasteiger partial charge >= 0.3 is 0 Å². The van der Waals surface area contributed by atoms with E-state index in [9.17, 15) is 0 Å². The minimum Gasteiger partial charge on any atom is -0.374 e. The van der Waals surface area contributed by atoms with E-state index in [1.165, 1.54) is 30.5 Å². The Hall–Kier alpha value is -1.55. The van der Waals surface area contributed by atoms with Crippen LogP contribution in [0.5, 0.6) is 0 Å². The van der Waals surface area contributed by atoms with Gasteiger partial charge < -0.3 is 15.2 Å². The van der Waals surface area contributed by atoms with Crippen molar-refractivity contribution in [2.24, 2.45) is 5.92 Å². The Morgan fingerprint density at radius 2 is 2.39 bits per heavy atom. The molecule has 3 rings (SSSR count). The van der Waals surface area contributed by atoms with Crippen molar-refractivity contribution in [3.63, 3.8) is 0 Å². The molecule has 2 aromatic rings. The van der Waals surface area contributed by atoms with Crippen LogP contribution >= 0.6 is 0 Å². The van der Waals surface area contributed by atoms with Gasteiger partial charge in [0.2, 0.25) is 0 Å². The fraction of sp³-hybridized carbons (Fsp3) is 0.500. The van der Waals surface area contributed by atoms with Crippen LogP contribution in [0.1, 0.15) is 12.8 Å². The number of nitrogens with one attached hydrogen (secondary N) is 2. The third-order valence-electron chi connectivity index (χ3n) is 3.78. The highest BCUT2D eigenvalue weighted by Gasteiger charge is 2.16. The number of nitrogens with zero attached hydrogens (tertiary/aromatic N) is 2. The van der Waals surface area contributed by atoms with Crippen molar-refractivity contribution in [2.75, 3.05) is 31.6 Å². The Balaban J connectivity index is 1.78. The SMILES string of the molecule is CN(CC1CCCNC1)c1ccnc2[nH]ccc12. The topological polar surface area (TPSA) is 44.0 Å². The van der Waals surface area contributed by atoms with Crippen LogP contribution < -0.4 is 10.2 Å². The quantitative estimate of drug-likeness (QED) is 0.868. The van der Waals surface area contributed by atoms with Gasteiger partial charge in [-0.15, -0.1) is 0 Å². The summed E-state index contributed by atoms with van der Waals surface area (Å²) >= 11 is 0. The van der Waals surface area contributed by atoms with E-state index in [-0.39, 0.29) is 0 Å². The Bertz CT molecular complexity index is 513. The summed E-state index contributed by atoms with van der Waals surface area (Å²) in [5.74, 6) is 0.755. The number of hydrogen-bond donors (Lipinski definition) is 2. The van der Waals surface area contributed by atoms with Crippen LogP contribution in [0.15, 0.2) is 24.5 Å². The van der Waals surface area contributed by atoms with Gasteiger partial charge in [0.05, 0.1) is 0 Å². The largest absolute Gasteiger partial charge is 0.374 e. The number of fused-ring (bicyclic) bond motifs is 1. The van der Waals surface area contributed by atoms with Crippen molar-refractivity contribution >= 4 is 16.7 Å². The van der Waals surface area contributed by atoms with E-state index in [0.717, 1.165) is 24.7 Å². The second kappa shape index (κ2) is 4.98. The molecule has 4 nitrogen and oxygen atoms in total. The molecule has 2 N–H and O–H groups in total. The van der Waals surface area contributed by atoms with Crippen molar-refractivity contribution in [1.29, 1.82) is 0 Å². The number of H-pyrrole nitrogens is 1. The predicted octanol–water partition coefficient (Wildman–Crippen LogP) is 2.00. The molecule has 1 aliphatic rings. The maximum absolute atomic E-state index is 4.34. The molecule has 0 bridgehead atoms. The highest BCUT2D eigenvalue weighted by atomic mass is 15.1. The molecule has 0 radical (unpaired) electrons. The van der Waals surface area contributed by atoms with E-state index in [2.05, 4.69) is 39.4 Å². The molecule has 0 aromatic carbocycles. The van der Waals surface area contributed by atoms with Gasteiger partial charge in [0.15, 0.2) is 0 Å². The minimum atomic E-state index is 0.755. The molecule has 4 heteroatoms. The van der Waals surface area contributed by atoms with Crippen LogP contribution in [0.25, 0.3) is 11.0 Å². The van der Waals surface area contributed by atoms with Crippen LogP contribution in [0.3, 0.4) is 0 Å². The van der Waals surface area contributed by atoms with Gasteiger partial charge in [-0.3, -0.25) is 0 Å². The lowest BCUT2D eigenvalue weighted by atomic mass is 9.99. The zero-order valence-corrected chi connectivity index (χ0v) is 10.8. The molecule has 0 spiro atoms. The van der Waals surface area contributed by atoms with Gasteiger partial charge in [0.25, 0.3) is 0 Å². The third kappa shape index (κ3) is 2.20. The lowest BCUT2D eigenvalue weighted by Gasteiger charge is -2.29.